The van der Waals surface area contributed by atoms with E-state index in [1.807, 2.05) is 20.8 Å². The molecule has 3 rings (SSSR count). The zero-order valence-corrected chi connectivity index (χ0v) is 14.6. The quantitative estimate of drug-likeness (QED) is 0.698. The zero-order chi connectivity index (χ0) is 18.9. The first-order chi connectivity index (χ1) is 12.3. The molecule has 0 atom stereocenters. The van der Waals surface area contributed by atoms with E-state index in [-0.39, 0.29) is 11.0 Å². The minimum atomic E-state index is -1.03. The number of nitrogens with zero attached hydrogens (tertiary/aromatic N) is 5. The van der Waals surface area contributed by atoms with E-state index in [9.17, 15) is 15.2 Å². The summed E-state index contributed by atoms with van der Waals surface area (Å²) in [5.41, 5.74) is 1.94. The van der Waals surface area contributed by atoms with Gasteiger partial charge < -0.3 is 5.11 Å². The minimum Gasteiger partial charge on any atom is -0.478 e. The number of imidazole rings is 1. The van der Waals surface area contributed by atoms with Gasteiger partial charge in [0, 0.05) is 11.6 Å². The molecule has 130 valence electrons. The average Bonchev–Trinajstić information content (AvgIpc) is 2.98. The molecule has 0 aliphatic carbocycles. The maximum atomic E-state index is 11.3. The number of hydrogen-bond acceptors (Lipinski definition) is 5. The van der Waals surface area contributed by atoms with Gasteiger partial charge in [-0.3, -0.25) is 4.40 Å². The maximum absolute atomic E-state index is 11.3. The Morgan fingerprint density at radius 3 is 2.58 bits per heavy atom. The van der Waals surface area contributed by atoms with Crippen LogP contribution in [0.25, 0.3) is 5.65 Å². The van der Waals surface area contributed by atoms with Gasteiger partial charge in [-0.2, -0.15) is 5.26 Å². The Balaban J connectivity index is 2.22. The van der Waals surface area contributed by atoms with Crippen molar-refractivity contribution in [3.05, 3.63) is 59.4 Å². The Morgan fingerprint density at radius 1 is 1.19 bits per heavy atom. The maximum Gasteiger partial charge on any atom is 0.337 e. The van der Waals surface area contributed by atoms with Crippen molar-refractivity contribution in [3.63, 3.8) is 0 Å². The van der Waals surface area contributed by atoms with Gasteiger partial charge in [0.2, 0.25) is 0 Å². The van der Waals surface area contributed by atoms with E-state index in [1.165, 1.54) is 12.3 Å². The number of benzene rings is 1. The van der Waals surface area contributed by atoms with Crippen LogP contribution in [0.15, 0.2) is 52.8 Å². The highest BCUT2D eigenvalue weighted by atomic mass is 16.4. The molecule has 1 N–H and O–H groups in total. The highest BCUT2D eigenvalue weighted by molar-refractivity contribution is 5.87. The van der Waals surface area contributed by atoms with Crippen LogP contribution in [-0.4, -0.2) is 20.5 Å². The van der Waals surface area contributed by atoms with Crippen LogP contribution in [0.4, 0.5) is 11.5 Å². The fourth-order valence-corrected chi connectivity index (χ4v) is 2.51. The van der Waals surface area contributed by atoms with E-state index in [0.29, 0.717) is 28.4 Å². The van der Waals surface area contributed by atoms with E-state index in [0.717, 1.165) is 0 Å². The fraction of sp³-hybridized carbons (Fsp3) is 0.211. The van der Waals surface area contributed by atoms with Crippen LogP contribution < -0.4 is 0 Å². The van der Waals surface area contributed by atoms with E-state index >= 15 is 0 Å². The lowest BCUT2D eigenvalue weighted by molar-refractivity contribution is 0.0696. The Morgan fingerprint density at radius 2 is 1.92 bits per heavy atom. The van der Waals surface area contributed by atoms with Crippen molar-refractivity contribution in [1.82, 2.24) is 9.38 Å². The van der Waals surface area contributed by atoms with Gasteiger partial charge in [0.15, 0.2) is 5.82 Å². The van der Waals surface area contributed by atoms with Gasteiger partial charge >= 0.3 is 5.97 Å². The summed E-state index contributed by atoms with van der Waals surface area (Å²) in [6, 6.07) is 12.1. The number of carboxylic acid groups (broad SMARTS) is 1. The number of aromatic carboxylic acids is 1. The molecule has 7 nitrogen and oxygen atoms in total. The van der Waals surface area contributed by atoms with Gasteiger partial charge in [-0.15, -0.1) is 10.2 Å². The highest BCUT2D eigenvalue weighted by Crippen LogP contribution is 2.33. The van der Waals surface area contributed by atoms with Gasteiger partial charge in [0.05, 0.1) is 16.8 Å². The molecule has 0 aliphatic rings. The number of carboxylic acids is 1. The second-order valence-electron chi connectivity index (χ2n) is 6.81. The largest absolute Gasteiger partial charge is 0.478 e. The van der Waals surface area contributed by atoms with Crippen molar-refractivity contribution in [3.8, 4) is 6.07 Å². The smallest absolute Gasteiger partial charge is 0.337 e. The van der Waals surface area contributed by atoms with E-state index in [4.69, 9.17) is 0 Å². The number of pyridine rings is 1. The number of nitriles is 1. The van der Waals surface area contributed by atoms with Gasteiger partial charge in [0.25, 0.3) is 0 Å². The van der Waals surface area contributed by atoms with Crippen LogP contribution in [0.5, 0.6) is 0 Å². The van der Waals surface area contributed by atoms with Gasteiger partial charge in [-0.25, -0.2) is 9.78 Å². The van der Waals surface area contributed by atoms with Crippen LogP contribution in [0, 0.1) is 11.3 Å². The molecule has 2 aromatic heterocycles. The van der Waals surface area contributed by atoms with Crippen LogP contribution >= 0.6 is 0 Å². The van der Waals surface area contributed by atoms with Gasteiger partial charge in [-0.05, 0) is 24.3 Å². The van der Waals surface area contributed by atoms with Crippen LogP contribution in [0.3, 0.4) is 0 Å². The van der Waals surface area contributed by atoms with E-state index in [2.05, 4.69) is 21.3 Å². The molecule has 1 aromatic carbocycles. The van der Waals surface area contributed by atoms with Crippen LogP contribution in [-0.2, 0) is 5.41 Å². The minimum absolute atomic E-state index is 0.129. The van der Waals surface area contributed by atoms with Crippen molar-refractivity contribution in [1.29, 1.82) is 5.26 Å². The van der Waals surface area contributed by atoms with Crippen molar-refractivity contribution in [2.45, 2.75) is 26.2 Å². The van der Waals surface area contributed by atoms with Gasteiger partial charge in [0.1, 0.15) is 17.4 Å². The topological polar surface area (TPSA) is 103 Å². The number of aromatic nitrogens is 2. The third-order valence-electron chi connectivity index (χ3n) is 3.83. The Hall–Kier alpha value is -3.53. The Kier molecular flexibility index (Phi) is 4.26. The zero-order valence-electron chi connectivity index (χ0n) is 14.6. The summed E-state index contributed by atoms with van der Waals surface area (Å²) in [6.07, 6.45) is 1.48. The second-order valence-corrected chi connectivity index (χ2v) is 6.81. The molecule has 0 unspecified atom stereocenters. The standard InChI is InChI=1S/C19H17N5O2/c1-19(2,3)16-17(23-22-14-7-5-4-6-12(14)10-20)24-11-13(18(25)26)8-9-15(24)21-16/h4-9,11H,1-3H3,(H,25,26). The average molecular weight is 347 g/mol. The third-order valence-corrected chi connectivity index (χ3v) is 3.83. The van der Waals surface area contributed by atoms with Gasteiger partial charge in [-0.1, -0.05) is 32.9 Å². The third kappa shape index (κ3) is 3.17. The summed E-state index contributed by atoms with van der Waals surface area (Å²) in [5.74, 6) is -0.584. The van der Waals surface area contributed by atoms with Crippen LogP contribution in [0.1, 0.15) is 42.4 Å². The lowest BCUT2D eigenvalue weighted by Crippen LogP contribution is -2.11. The molecule has 7 heteroatoms. The highest BCUT2D eigenvalue weighted by Gasteiger charge is 2.24. The predicted molar refractivity (Wildman–Crippen MR) is 96.2 cm³/mol. The second kappa shape index (κ2) is 6.41. The molecule has 0 aliphatic heterocycles. The molecular weight excluding hydrogens is 330 g/mol. The molecule has 0 radical (unpaired) electrons. The number of hydrogen-bond donors (Lipinski definition) is 1. The first-order valence-electron chi connectivity index (χ1n) is 7.98. The molecule has 0 amide bonds. The fourth-order valence-electron chi connectivity index (χ4n) is 2.51. The lowest BCUT2D eigenvalue weighted by atomic mass is 9.92. The molecule has 26 heavy (non-hydrogen) atoms. The normalized spacial score (nSPS) is 11.8. The summed E-state index contributed by atoms with van der Waals surface area (Å²) in [6.45, 7) is 5.99. The molecule has 0 bridgehead atoms. The molecule has 0 spiro atoms. The van der Waals surface area contributed by atoms with Crippen LogP contribution in [0.2, 0.25) is 0 Å². The monoisotopic (exact) mass is 347 g/mol. The van der Waals surface area contributed by atoms with Crippen molar-refractivity contribution in [2.75, 3.05) is 0 Å². The summed E-state index contributed by atoms with van der Waals surface area (Å²) in [4.78, 5) is 15.9. The Bertz CT molecular complexity index is 1070. The summed E-state index contributed by atoms with van der Waals surface area (Å²) >= 11 is 0. The molecule has 3 aromatic rings. The summed E-state index contributed by atoms with van der Waals surface area (Å²) in [5, 5.41) is 27.0. The molecule has 0 saturated carbocycles. The number of carbonyl (C=O) groups is 1. The first kappa shape index (κ1) is 17.3. The molecule has 0 saturated heterocycles. The number of rotatable bonds is 3. The summed E-state index contributed by atoms with van der Waals surface area (Å²) in [7, 11) is 0. The summed E-state index contributed by atoms with van der Waals surface area (Å²) < 4.78 is 1.61. The molecule has 0 fully saturated rings. The van der Waals surface area contributed by atoms with Crippen molar-refractivity contribution >= 4 is 23.1 Å². The van der Waals surface area contributed by atoms with Crippen molar-refractivity contribution in [2.24, 2.45) is 10.2 Å². The first-order valence-corrected chi connectivity index (χ1v) is 7.98. The number of azo groups is 1. The molecular formula is C19H17N5O2. The lowest BCUT2D eigenvalue weighted by Gasteiger charge is -2.15. The van der Waals surface area contributed by atoms with E-state index in [1.54, 1.807) is 34.7 Å². The predicted octanol–water partition coefficient (Wildman–Crippen LogP) is 4.62. The SMILES string of the molecule is CC(C)(C)c1nc2ccc(C(=O)O)cn2c1N=Nc1ccccc1C#N. The van der Waals surface area contributed by atoms with E-state index < -0.39 is 5.97 Å². The van der Waals surface area contributed by atoms with Crippen molar-refractivity contribution < 1.29 is 9.90 Å². The Labute approximate surface area is 150 Å². The number of fused-ring (bicyclic) bond motifs is 1. The molecule has 2 heterocycles.